The van der Waals surface area contributed by atoms with Crippen molar-refractivity contribution in [3.63, 3.8) is 0 Å². The zero-order valence-corrected chi connectivity index (χ0v) is 8.10. The average molecular weight is 206 g/mol. The molecule has 1 aliphatic rings. The number of hydroxylamine groups is 2. The molecule has 2 N–H and O–H groups in total. The van der Waals surface area contributed by atoms with Crippen LogP contribution in [0.25, 0.3) is 0 Å². The van der Waals surface area contributed by atoms with E-state index in [1.165, 1.54) is 0 Å². The molecule has 1 unspecified atom stereocenters. The van der Waals surface area contributed by atoms with Gasteiger partial charge in [-0.2, -0.15) is 0 Å². The number of urea groups is 1. The van der Waals surface area contributed by atoms with Crippen molar-refractivity contribution < 1.29 is 14.8 Å². The Bertz CT molecular complexity index is 413. The molecule has 1 fully saturated rings. The molecule has 1 heterocycles. The number of amides is 3. The molecule has 3 amide bonds. The highest BCUT2D eigenvalue weighted by Gasteiger charge is 2.38. The van der Waals surface area contributed by atoms with Gasteiger partial charge in [-0.25, -0.2) is 4.79 Å². The maximum absolute atomic E-state index is 11.4. The van der Waals surface area contributed by atoms with Gasteiger partial charge in [-0.05, 0) is 12.5 Å². The largest absolute Gasteiger partial charge is 0.349 e. The van der Waals surface area contributed by atoms with Crippen molar-refractivity contribution in [1.29, 1.82) is 0 Å². The van der Waals surface area contributed by atoms with E-state index in [1.807, 2.05) is 19.1 Å². The minimum atomic E-state index is -0.787. The van der Waals surface area contributed by atoms with Gasteiger partial charge in [0.1, 0.15) is 6.04 Å². The van der Waals surface area contributed by atoms with E-state index in [1.54, 1.807) is 12.1 Å². The summed E-state index contributed by atoms with van der Waals surface area (Å²) in [6.45, 7) is 1.93. The molecule has 15 heavy (non-hydrogen) atoms. The molecule has 1 aliphatic heterocycles. The molecule has 0 aromatic heterocycles. The van der Waals surface area contributed by atoms with Crippen molar-refractivity contribution in [2.75, 3.05) is 0 Å². The first-order valence-electron chi connectivity index (χ1n) is 4.49. The van der Waals surface area contributed by atoms with E-state index in [2.05, 4.69) is 5.32 Å². The number of rotatable bonds is 1. The van der Waals surface area contributed by atoms with Gasteiger partial charge in [-0.1, -0.05) is 29.8 Å². The molecule has 0 aliphatic carbocycles. The topological polar surface area (TPSA) is 69.6 Å². The fourth-order valence-electron chi connectivity index (χ4n) is 1.45. The predicted molar refractivity (Wildman–Crippen MR) is 51.1 cm³/mol. The summed E-state index contributed by atoms with van der Waals surface area (Å²) in [7, 11) is 0. The molecule has 0 spiro atoms. The normalized spacial score (nSPS) is 20.7. The first-order chi connectivity index (χ1) is 7.09. The molecule has 2 rings (SSSR count). The van der Waals surface area contributed by atoms with E-state index >= 15 is 0 Å². The molecule has 0 saturated carbocycles. The molecule has 1 atom stereocenters. The van der Waals surface area contributed by atoms with Crippen molar-refractivity contribution in [3.8, 4) is 0 Å². The summed E-state index contributed by atoms with van der Waals surface area (Å²) in [4.78, 5) is 22.4. The van der Waals surface area contributed by atoms with Gasteiger partial charge in [-0.15, -0.1) is 5.06 Å². The first-order valence-corrected chi connectivity index (χ1v) is 4.49. The van der Waals surface area contributed by atoms with Crippen LogP contribution in [0.15, 0.2) is 24.3 Å². The van der Waals surface area contributed by atoms with Gasteiger partial charge in [0.05, 0.1) is 0 Å². The number of hydrogen-bond acceptors (Lipinski definition) is 3. The van der Waals surface area contributed by atoms with Crippen LogP contribution >= 0.6 is 0 Å². The molecule has 0 bridgehead atoms. The van der Waals surface area contributed by atoms with E-state index < -0.39 is 18.0 Å². The van der Waals surface area contributed by atoms with Crippen LogP contribution < -0.4 is 5.32 Å². The van der Waals surface area contributed by atoms with Crippen LogP contribution in [0.4, 0.5) is 4.79 Å². The molecular weight excluding hydrogens is 196 g/mol. The first kappa shape index (κ1) is 9.67. The fourth-order valence-corrected chi connectivity index (χ4v) is 1.45. The van der Waals surface area contributed by atoms with E-state index in [0.717, 1.165) is 5.56 Å². The van der Waals surface area contributed by atoms with Gasteiger partial charge >= 0.3 is 6.03 Å². The second-order valence-corrected chi connectivity index (χ2v) is 3.44. The van der Waals surface area contributed by atoms with Crippen LogP contribution in [0.2, 0.25) is 0 Å². The van der Waals surface area contributed by atoms with Crippen molar-refractivity contribution >= 4 is 11.9 Å². The Labute approximate surface area is 86.3 Å². The van der Waals surface area contributed by atoms with Crippen molar-refractivity contribution in [2.45, 2.75) is 13.0 Å². The second kappa shape index (κ2) is 3.36. The quantitative estimate of drug-likeness (QED) is 0.531. The Morgan fingerprint density at radius 3 is 2.33 bits per heavy atom. The van der Waals surface area contributed by atoms with E-state index in [9.17, 15) is 9.59 Å². The lowest BCUT2D eigenvalue weighted by molar-refractivity contribution is -0.149. The van der Waals surface area contributed by atoms with Gasteiger partial charge in [-0.3, -0.25) is 10.0 Å². The average Bonchev–Trinajstić information content (AvgIpc) is 2.47. The van der Waals surface area contributed by atoms with Gasteiger partial charge in [0.15, 0.2) is 0 Å². The van der Waals surface area contributed by atoms with Crippen LogP contribution in [-0.4, -0.2) is 22.2 Å². The fraction of sp³-hybridized carbons (Fsp3) is 0.200. The third kappa shape index (κ3) is 1.57. The summed E-state index contributed by atoms with van der Waals surface area (Å²) in [6.07, 6.45) is 0. The Balaban J connectivity index is 2.29. The minimum absolute atomic E-state index is 0.102. The SMILES string of the molecule is Cc1ccc(C2NC(=O)N(O)C2=O)cc1. The molecule has 1 saturated heterocycles. The van der Waals surface area contributed by atoms with Crippen LogP contribution in [0, 0.1) is 6.92 Å². The third-order valence-electron chi connectivity index (χ3n) is 2.33. The number of carbonyl (C=O) groups excluding carboxylic acids is 2. The smallest absolute Gasteiger partial charge is 0.320 e. The standard InChI is InChI=1S/C10H10N2O3/c1-6-2-4-7(5-3-6)8-9(13)12(15)10(14)11-8/h2-5,8,15H,1H3,(H,11,14). The second-order valence-electron chi connectivity index (χ2n) is 3.44. The van der Waals surface area contributed by atoms with Gasteiger partial charge in [0, 0.05) is 0 Å². The van der Waals surface area contributed by atoms with Gasteiger partial charge < -0.3 is 5.32 Å². The highest BCUT2D eigenvalue weighted by Crippen LogP contribution is 2.20. The summed E-state index contributed by atoms with van der Waals surface area (Å²) in [5.41, 5.74) is 1.73. The molecule has 0 radical (unpaired) electrons. The Hall–Kier alpha value is -1.88. The summed E-state index contributed by atoms with van der Waals surface area (Å²) >= 11 is 0. The molecular formula is C10H10N2O3. The van der Waals surface area contributed by atoms with Crippen LogP contribution in [0.5, 0.6) is 0 Å². The lowest BCUT2D eigenvalue weighted by Gasteiger charge is -2.07. The van der Waals surface area contributed by atoms with Gasteiger partial charge in [0.2, 0.25) is 0 Å². The monoisotopic (exact) mass is 206 g/mol. The Kier molecular flexibility index (Phi) is 2.17. The lowest BCUT2D eigenvalue weighted by Crippen LogP contribution is -2.26. The highest BCUT2D eigenvalue weighted by atomic mass is 16.5. The zero-order chi connectivity index (χ0) is 11.0. The number of benzene rings is 1. The van der Waals surface area contributed by atoms with Crippen molar-refractivity contribution in [3.05, 3.63) is 35.4 Å². The molecule has 1 aromatic carbocycles. The number of nitrogens with zero attached hydrogens (tertiary/aromatic N) is 1. The number of aryl methyl sites for hydroxylation is 1. The van der Waals surface area contributed by atoms with Crippen molar-refractivity contribution in [1.82, 2.24) is 10.4 Å². The summed E-state index contributed by atoms with van der Waals surface area (Å²) in [6, 6.07) is 5.62. The molecule has 5 heteroatoms. The zero-order valence-electron chi connectivity index (χ0n) is 8.10. The van der Waals surface area contributed by atoms with Crippen molar-refractivity contribution in [2.24, 2.45) is 0 Å². The molecule has 5 nitrogen and oxygen atoms in total. The number of nitrogens with one attached hydrogen (secondary N) is 1. The lowest BCUT2D eigenvalue weighted by atomic mass is 10.1. The molecule has 78 valence electrons. The van der Waals surface area contributed by atoms with Crippen LogP contribution in [0.1, 0.15) is 17.2 Å². The third-order valence-corrected chi connectivity index (χ3v) is 2.33. The number of imide groups is 1. The van der Waals surface area contributed by atoms with Crippen LogP contribution in [0.3, 0.4) is 0 Å². The predicted octanol–water partition coefficient (Wildman–Crippen LogP) is 0.977. The highest BCUT2D eigenvalue weighted by molar-refractivity contribution is 6.03. The maximum atomic E-state index is 11.4. The Morgan fingerprint density at radius 2 is 1.87 bits per heavy atom. The summed E-state index contributed by atoms with van der Waals surface area (Å²) in [5, 5.41) is 11.5. The van der Waals surface area contributed by atoms with E-state index in [-0.39, 0.29) is 5.06 Å². The molecule has 1 aromatic rings. The Morgan fingerprint density at radius 1 is 1.27 bits per heavy atom. The number of hydrogen-bond donors (Lipinski definition) is 2. The van der Waals surface area contributed by atoms with Gasteiger partial charge in [0.25, 0.3) is 5.91 Å². The van der Waals surface area contributed by atoms with E-state index in [4.69, 9.17) is 5.21 Å². The minimum Gasteiger partial charge on any atom is -0.320 e. The van der Waals surface area contributed by atoms with Crippen LogP contribution in [-0.2, 0) is 4.79 Å². The summed E-state index contributed by atoms with van der Waals surface area (Å²) in [5.74, 6) is -0.649. The number of carbonyl (C=O) groups is 2. The summed E-state index contributed by atoms with van der Waals surface area (Å²) < 4.78 is 0. The van der Waals surface area contributed by atoms with E-state index in [0.29, 0.717) is 5.56 Å². The maximum Gasteiger partial charge on any atom is 0.349 e.